The van der Waals surface area contributed by atoms with Crippen molar-refractivity contribution in [3.05, 3.63) is 76.8 Å². The van der Waals surface area contributed by atoms with Gasteiger partial charge in [-0.05, 0) is 48.5 Å². The predicted octanol–water partition coefficient (Wildman–Crippen LogP) is 3.93. The van der Waals surface area contributed by atoms with Crippen molar-refractivity contribution in [3.63, 3.8) is 0 Å². The maximum Gasteiger partial charge on any atom is 0.273 e. The normalized spacial score (nSPS) is 11.2. The molecule has 0 bridgehead atoms. The van der Waals surface area contributed by atoms with Crippen LogP contribution in [0.3, 0.4) is 0 Å². The summed E-state index contributed by atoms with van der Waals surface area (Å²) in [5.74, 6) is 0.603. The number of halogens is 1. The summed E-state index contributed by atoms with van der Waals surface area (Å²) in [5, 5.41) is 4.38. The molecule has 0 saturated heterocycles. The fourth-order valence-electron chi connectivity index (χ4n) is 3.03. The van der Waals surface area contributed by atoms with E-state index in [0.717, 1.165) is 0 Å². The number of benzene rings is 3. The maximum atomic E-state index is 12.7. The molecule has 0 radical (unpaired) electrons. The Bertz CT molecular complexity index is 1310. The van der Waals surface area contributed by atoms with Gasteiger partial charge < -0.3 is 14.2 Å². The van der Waals surface area contributed by atoms with Crippen molar-refractivity contribution in [1.82, 2.24) is 5.43 Å². The molecule has 0 aliphatic carbocycles. The van der Waals surface area contributed by atoms with E-state index in [9.17, 15) is 13.2 Å². The van der Waals surface area contributed by atoms with Crippen molar-refractivity contribution in [2.24, 2.45) is 5.10 Å². The first-order valence-electron chi connectivity index (χ1n) is 9.80. The van der Waals surface area contributed by atoms with Crippen LogP contribution in [0.5, 0.6) is 17.2 Å². The van der Waals surface area contributed by atoms with E-state index in [-0.39, 0.29) is 16.1 Å². The van der Waals surface area contributed by atoms with Gasteiger partial charge in [0.25, 0.3) is 15.9 Å². The molecule has 0 aliphatic heterocycles. The number of nitrogens with zero attached hydrogens (tertiary/aromatic N) is 1. The van der Waals surface area contributed by atoms with Gasteiger partial charge in [0.2, 0.25) is 5.75 Å². The van der Waals surface area contributed by atoms with Crippen molar-refractivity contribution in [2.45, 2.75) is 4.90 Å². The van der Waals surface area contributed by atoms with Crippen LogP contribution in [0.2, 0.25) is 5.02 Å². The number of hydrogen-bond acceptors (Lipinski definition) is 7. The highest BCUT2D eigenvalue weighted by Crippen LogP contribution is 2.39. The third-order valence-corrected chi connectivity index (χ3v) is 6.28. The number of para-hydroxylation sites is 1. The third-order valence-electron chi connectivity index (χ3n) is 4.64. The molecule has 34 heavy (non-hydrogen) atoms. The Morgan fingerprint density at radius 3 is 2.24 bits per heavy atom. The fourth-order valence-corrected chi connectivity index (χ4v) is 4.24. The number of hydrazone groups is 1. The molecular formula is C23H22ClN3O6S. The summed E-state index contributed by atoms with van der Waals surface area (Å²) in [7, 11) is 0.507. The molecule has 178 valence electrons. The van der Waals surface area contributed by atoms with Crippen LogP contribution < -0.4 is 24.4 Å². The average molecular weight is 504 g/mol. The van der Waals surface area contributed by atoms with Gasteiger partial charge in [-0.15, -0.1) is 0 Å². The lowest BCUT2D eigenvalue weighted by atomic mass is 10.2. The van der Waals surface area contributed by atoms with Crippen molar-refractivity contribution < 1.29 is 27.4 Å². The number of ether oxygens (including phenoxy) is 3. The molecule has 3 aromatic carbocycles. The molecule has 0 aromatic heterocycles. The number of carbonyl (C=O) groups excluding carboxylic acids is 1. The maximum absolute atomic E-state index is 12.7. The number of amides is 1. The molecule has 11 heteroatoms. The van der Waals surface area contributed by atoms with Crippen LogP contribution in [-0.4, -0.2) is 41.9 Å². The van der Waals surface area contributed by atoms with E-state index in [0.29, 0.717) is 27.8 Å². The Balaban J connectivity index is 1.81. The van der Waals surface area contributed by atoms with Crippen molar-refractivity contribution in [1.29, 1.82) is 0 Å². The number of hydrogen-bond donors (Lipinski definition) is 2. The van der Waals surface area contributed by atoms with Crippen LogP contribution in [-0.2, 0) is 10.0 Å². The lowest BCUT2D eigenvalue weighted by Gasteiger charge is -2.14. The number of rotatable bonds is 9. The standard InChI is InChI=1S/C23H22ClN3O6S/c1-31-20-13-8-15(21(32-2)22(20)33-3)14-25-26-23(28)18-6-4-5-7-19(18)27-34(29,30)17-11-9-16(24)10-12-17/h4-14,27H,1-3H3,(H,26,28)/b25-14+. The van der Waals surface area contributed by atoms with Crippen molar-refractivity contribution >= 4 is 39.4 Å². The summed E-state index contributed by atoms with van der Waals surface area (Å²) in [5.41, 5.74) is 3.09. The Hall–Kier alpha value is -3.76. The Morgan fingerprint density at radius 1 is 0.912 bits per heavy atom. The highest BCUT2D eigenvalue weighted by molar-refractivity contribution is 7.92. The summed E-state index contributed by atoms with van der Waals surface area (Å²) < 4.78 is 43.8. The molecule has 3 rings (SSSR count). The largest absolute Gasteiger partial charge is 0.493 e. The van der Waals surface area contributed by atoms with E-state index < -0.39 is 15.9 Å². The monoisotopic (exact) mass is 503 g/mol. The molecule has 2 N–H and O–H groups in total. The number of nitrogens with one attached hydrogen (secondary N) is 2. The van der Waals surface area contributed by atoms with Gasteiger partial charge in [-0.25, -0.2) is 13.8 Å². The van der Waals surface area contributed by atoms with Crippen LogP contribution in [0.4, 0.5) is 5.69 Å². The minimum atomic E-state index is -3.94. The van der Waals surface area contributed by atoms with Crippen LogP contribution in [0.1, 0.15) is 15.9 Å². The van der Waals surface area contributed by atoms with E-state index >= 15 is 0 Å². The summed E-state index contributed by atoms with van der Waals surface area (Å²) >= 11 is 5.83. The van der Waals surface area contributed by atoms with Gasteiger partial charge in [-0.3, -0.25) is 9.52 Å². The molecule has 0 saturated carbocycles. The second-order valence-electron chi connectivity index (χ2n) is 6.73. The SMILES string of the molecule is COc1ccc(/C=N/NC(=O)c2ccccc2NS(=O)(=O)c2ccc(Cl)cc2)c(OC)c1OC. The minimum absolute atomic E-state index is 0.00526. The van der Waals surface area contributed by atoms with Crippen molar-refractivity contribution in [3.8, 4) is 17.2 Å². The zero-order valence-corrected chi connectivity index (χ0v) is 20.1. The van der Waals surface area contributed by atoms with E-state index in [1.54, 1.807) is 24.3 Å². The molecule has 9 nitrogen and oxygen atoms in total. The fraction of sp³-hybridized carbons (Fsp3) is 0.130. The molecule has 0 aliphatic rings. The van der Waals surface area contributed by atoms with E-state index in [2.05, 4.69) is 15.2 Å². The first-order chi connectivity index (χ1) is 16.3. The van der Waals surface area contributed by atoms with Crippen LogP contribution in [0.15, 0.2) is 70.7 Å². The second-order valence-corrected chi connectivity index (χ2v) is 8.85. The van der Waals surface area contributed by atoms with Gasteiger partial charge in [0.1, 0.15) is 0 Å². The highest BCUT2D eigenvalue weighted by atomic mass is 35.5. The van der Waals surface area contributed by atoms with Gasteiger partial charge >= 0.3 is 0 Å². The molecule has 1 amide bonds. The molecule has 0 spiro atoms. The summed E-state index contributed by atoms with van der Waals surface area (Å²) in [4.78, 5) is 12.8. The van der Waals surface area contributed by atoms with Gasteiger partial charge in [-0.1, -0.05) is 23.7 Å². The molecule has 0 fully saturated rings. The minimum Gasteiger partial charge on any atom is -0.493 e. The Kier molecular flexibility index (Phi) is 7.98. The number of methoxy groups -OCH3 is 3. The summed E-state index contributed by atoms with van der Waals surface area (Å²) in [6.45, 7) is 0. The van der Waals surface area contributed by atoms with Gasteiger partial charge in [0.05, 0.1) is 43.7 Å². The second kappa shape index (κ2) is 10.9. The zero-order valence-electron chi connectivity index (χ0n) is 18.5. The summed E-state index contributed by atoms with van der Waals surface area (Å²) in [6, 6.07) is 15.2. The lowest BCUT2D eigenvalue weighted by molar-refractivity contribution is 0.0956. The Morgan fingerprint density at radius 2 is 1.59 bits per heavy atom. The van der Waals surface area contributed by atoms with E-state index in [1.165, 1.54) is 63.9 Å². The number of sulfonamides is 1. The third kappa shape index (κ3) is 5.59. The lowest BCUT2D eigenvalue weighted by Crippen LogP contribution is -2.21. The molecule has 0 unspecified atom stereocenters. The van der Waals surface area contributed by atoms with Crippen molar-refractivity contribution in [2.75, 3.05) is 26.1 Å². The van der Waals surface area contributed by atoms with E-state index in [4.69, 9.17) is 25.8 Å². The molecular weight excluding hydrogens is 482 g/mol. The predicted molar refractivity (Wildman–Crippen MR) is 130 cm³/mol. The van der Waals surface area contributed by atoms with Gasteiger partial charge in [0.15, 0.2) is 11.5 Å². The number of anilines is 1. The first-order valence-corrected chi connectivity index (χ1v) is 11.7. The first kappa shape index (κ1) is 24.9. The van der Waals surface area contributed by atoms with Crippen LogP contribution in [0.25, 0.3) is 0 Å². The summed E-state index contributed by atoms with van der Waals surface area (Å²) in [6.07, 6.45) is 1.37. The molecule has 0 atom stereocenters. The Labute approximate surface area is 202 Å². The topological polar surface area (TPSA) is 115 Å². The molecule has 3 aromatic rings. The quantitative estimate of drug-likeness (QED) is 0.337. The smallest absolute Gasteiger partial charge is 0.273 e. The van der Waals surface area contributed by atoms with Gasteiger partial charge in [-0.2, -0.15) is 5.10 Å². The highest BCUT2D eigenvalue weighted by Gasteiger charge is 2.19. The van der Waals surface area contributed by atoms with Crippen LogP contribution >= 0.6 is 11.6 Å². The zero-order chi connectivity index (χ0) is 24.7. The molecule has 0 heterocycles. The average Bonchev–Trinajstić information content (AvgIpc) is 2.83. The van der Waals surface area contributed by atoms with Gasteiger partial charge in [0, 0.05) is 10.6 Å². The van der Waals surface area contributed by atoms with E-state index in [1.807, 2.05) is 0 Å². The van der Waals surface area contributed by atoms with Crippen LogP contribution in [0, 0.1) is 0 Å². The number of carbonyl (C=O) groups is 1.